The van der Waals surface area contributed by atoms with Crippen molar-refractivity contribution in [1.29, 1.82) is 0 Å². The first-order valence-corrected chi connectivity index (χ1v) is 11.8. The van der Waals surface area contributed by atoms with Gasteiger partial charge in [-0.3, -0.25) is 9.59 Å². The summed E-state index contributed by atoms with van der Waals surface area (Å²) in [4.78, 5) is 32.7. The normalized spacial score (nSPS) is 26.9. The molecule has 7 heteroatoms. The lowest BCUT2D eigenvalue weighted by Crippen LogP contribution is -2.60. The van der Waals surface area contributed by atoms with Gasteiger partial charge in [-0.15, -0.1) is 0 Å². The number of carbonyl (C=O) groups is 2. The SMILES string of the molecule is C[C@H](O)[C@@H]1C(=O)N2CCc3ccc(N4CCOCC4)cc3[C@@H]2C[C@@H]1N(C)C(=O)C(C)(C)C. The second-order valence-corrected chi connectivity index (χ2v) is 10.5. The molecule has 0 saturated carbocycles. The highest BCUT2D eigenvalue weighted by Crippen LogP contribution is 2.43. The lowest BCUT2D eigenvalue weighted by Gasteiger charge is -2.50. The molecule has 0 aliphatic carbocycles. The van der Waals surface area contributed by atoms with Crippen LogP contribution < -0.4 is 4.90 Å². The van der Waals surface area contributed by atoms with E-state index in [1.54, 1.807) is 18.9 Å². The average Bonchev–Trinajstić information content (AvgIpc) is 2.77. The van der Waals surface area contributed by atoms with E-state index in [2.05, 4.69) is 23.1 Å². The van der Waals surface area contributed by atoms with Crippen molar-refractivity contribution in [1.82, 2.24) is 9.80 Å². The van der Waals surface area contributed by atoms with Crippen molar-refractivity contribution in [2.75, 3.05) is 44.8 Å². The Bertz CT molecular complexity index is 872. The van der Waals surface area contributed by atoms with Crippen LogP contribution in [0.4, 0.5) is 5.69 Å². The number of hydrogen-bond donors (Lipinski definition) is 1. The van der Waals surface area contributed by atoms with Crippen LogP contribution in [-0.4, -0.2) is 78.8 Å². The van der Waals surface area contributed by atoms with Crippen LogP contribution in [0.1, 0.15) is 51.3 Å². The highest BCUT2D eigenvalue weighted by Gasteiger charge is 2.49. The molecule has 4 rings (SSSR count). The molecule has 0 spiro atoms. The van der Waals surface area contributed by atoms with Crippen LogP contribution >= 0.6 is 0 Å². The van der Waals surface area contributed by atoms with Gasteiger partial charge >= 0.3 is 0 Å². The molecule has 3 aliphatic rings. The summed E-state index contributed by atoms with van der Waals surface area (Å²) in [5, 5.41) is 10.5. The second kappa shape index (κ2) is 8.67. The van der Waals surface area contributed by atoms with E-state index in [0.717, 1.165) is 38.4 Å². The monoisotopic (exact) mass is 443 g/mol. The summed E-state index contributed by atoms with van der Waals surface area (Å²) in [6.07, 6.45) is 0.637. The van der Waals surface area contributed by atoms with E-state index in [4.69, 9.17) is 4.74 Å². The number of benzene rings is 1. The first kappa shape index (κ1) is 23.1. The molecule has 0 aromatic heterocycles. The highest BCUT2D eigenvalue weighted by molar-refractivity contribution is 5.85. The van der Waals surface area contributed by atoms with Crippen LogP contribution in [0.15, 0.2) is 18.2 Å². The van der Waals surface area contributed by atoms with Gasteiger partial charge < -0.3 is 24.5 Å². The molecule has 176 valence electrons. The van der Waals surface area contributed by atoms with Crippen molar-refractivity contribution < 1.29 is 19.4 Å². The predicted molar refractivity (Wildman–Crippen MR) is 123 cm³/mol. The van der Waals surface area contributed by atoms with Crippen LogP contribution in [0.3, 0.4) is 0 Å². The number of aliphatic hydroxyl groups excluding tert-OH is 1. The lowest BCUT2D eigenvalue weighted by molar-refractivity contribution is -0.158. The number of fused-ring (bicyclic) bond motifs is 3. The Labute approximate surface area is 191 Å². The Kier molecular flexibility index (Phi) is 6.25. The molecule has 32 heavy (non-hydrogen) atoms. The van der Waals surface area contributed by atoms with Crippen LogP contribution in [-0.2, 0) is 20.7 Å². The smallest absolute Gasteiger partial charge is 0.230 e. The molecular weight excluding hydrogens is 406 g/mol. The molecule has 7 nitrogen and oxygen atoms in total. The quantitative estimate of drug-likeness (QED) is 0.776. The van der Waals surface area contributed by atoms with Crippen LogP contribution in [0.5, 0.6) is 0 Å². The van der Waals surface area contributed by atoms with Gasteiger partial charge in [-0.1, -0.05) is 26.8 Å². The average molecular weight is 444 g/mol. The molecule has 3 heterocycles. The van der Waals surface area contributed by atoms with E-state index >= 15 is 0 Å². The van der Waals surface area contributed by atoms with Gasteiger partial charge in [-0.05, 0) is 43.0 Å². The summed E-state index contributed by atoms with van der Waals surface area (Å²) in [5.74, 6) is -0.656. The number of carbonyl (C=O) groups excluding carboxylic acids is 2. The van der Waals surface area contributed by atoms with Crippen LogP contribution in [0.25, 0.3) is 0 Å². The van der Waals surface area contributed by atoms with Crippen molar-refractivity contribution in [3.8, 4) is 0 Å². The summed E-state index contributed by atoms with van der Waals surface area (Å²) in [7, 11) is 1.78. The predicted octanol–water partition coefficient (Wildman–Crippen LogP) is 2.22. The maximum absolute atomic E-state index is 13.6. The first-order valence-electron chi connectivity index (χ1n) is 11.8. The largest absolute Gasteiger partial charge is 0.393 e. The van der Waals surface area contributed by atoms with Crippen molar-refractivity contribution in [3.05, 3.63) is 29.3 Å². The van der Waals surface area contributed by atoms with Crippen LogP contribution in [0.2, 0.25) is 0 Å². The third kappa shape index (κ3) is 4.13. The molecule has 2 fully saturated rings. The standard InChI is InChI=1S/C25H37N3O4/c1-16(29)22-21(26(5)24(31)25(2,3)4)15-20-19-14-18(27-10-12-32-13-11-27)7-6-17(19)8-9-28(20)23(22)30/h6-7,14,16,20-22,29H,8-13,15H2,1-5H3/t16-,20-,21-,22-/m0/s1. The topological polar surface area (TPSA) is 73.3 Å². The maximum atomic E-state index is 13.6. The number of amides is 2. The van der Waals surface area contributed by atoms with Crippen molar-refractivity contribution in [3.63, 3.8) is 0 Å². The third-order valence-electron chi connectivity index (χ3n) is 7.29. The van der Waals surface area contributed by atoms with Gasteiger partial charge in [0.05, 0.1) is 31.3 Å². The van der Waals surface area contributed by atoms with Gasteiger partial charge in [-0.2, -0.15) is 0 Å². The summed E-state index contributed by atoms with van der Waals surface area (Å²) in [6, 6.07) is 6.18. The van der Waals surface area contributed by atoms with Crippen molar-refractivity contribution in [2.24, 2.45) is 11.3 Å². The Morgan fingerprint density at radius 3 is 2.53 bits per heavy atom. The van der Waals surface area contributed by atoms with Gasteiger partial charge in [0.25, 0.3) is 0 Å². The zero-order valence-corrected chi connectivity index (χ0v) is 20.0. The Morgan fingerprint density at radius 1 is 1.22 bits per heavy atom. The van der Waals surface area contributed by atoms with Gasteiger partial charge in [0.1, 0.15) is 0 Å². The van der Waals surface area contributed by atoms with E-state index in [0.29, 0.717) is 13.0 Å². The van der Waals surface area contributed by atoms with Gasteiger partial charge in [0, 0.05) is 43.8 Å². The Balaban J connectivity index is 1.69. The van der Waals surface area contributed by atoms with Crippen molar-refractivity contribution in [2.45, 2.75) is 58.7 Å². The minimum atomic E-state index is -0.815. The van der Waals surface area contributed by atoms with Gasteiger partial charge in [-0.25, -0.2) is 0 Å². The number of anilines is 1. The van der Waals surface area contributed by atoms with Crippen LogP contribution in [0, 0.1) is 11.3 Å². The number of piperidine rings is 1. The minimum Gasteiger partial charge on any atom is -0.393 e. The first-order chi connectivity index (χ1) is 15.1. The fraction of sp³-hybridized carbons (Fsp3) is 0.680. The molecule has 1 N–H and O–H groups in total. The van der Waals surface area contributed by atoms with E-state index in [-0.39, 0.29) is 23.9 Å². The summed E-state index contributed by atoms with van der Waals surface area (Å²) in [6.45, 7) is 11.2. The van der Waals surface area contributed by atoms with Crippen molar-refractivity contribution >= 4 is 17.5 Å². The number of aliphatic hydroxyl groups is 1. The molecule has 3 aliphatic heterocycles. The molecule has 2 saturated heterocycles. The molecule has 2 amide bonds. The summed E-state index contributed by atoms with van der Waals surface area (Å²) >= 11 is 0. The van der Waals surface area contributed by atoms with E-state index < -0.39 is 17.4 Å². The zero-order valence-electron chi connectivity index (χ0n) is 20.0. The Morgan fingerprint density at radius 2 is 1.91 bits per heavy atom. The zero-order chi connectivity index (χ0) is 23.2. The van der Waals surface area contributed by atoms with E-state index in [9.17, 15) is 14.7 Å². The van der Waals surface area contributed by atoms with Gasteiger partial charge in [0.2, 0.25) is 11.8 Å². The number of rotatable bonds is 3. The molecule has 4 atom stereocenters. The molecular formula is C25H37N3O4. The lowest BCUT2D eigenvalue weighted by atomic mass is 9.77. The fourth-order valence-electron chi connectivity index (χ4n) is 5.56. The number of hydrogen-bond acceptors (Lipinski definition) is 5. The third-order valence-corrected chi connectivity index (χ3v) is 7.29. The van der Waals surface area contributed by atoms with E-state index in [1.807, 2.05) is 25.7 Å². The molecule has 1 aromatic rings. The molecule has 0 radical (unpaired) electrons. The Hall–Kier alpha value is -2.12. The number of morpholine rings is 1. The second-order valence-electron chi connectivity index (χ2n) is 10.5. The minimum absolute atomic E-state index is 0.00694. The molecule has 1 aromatic carbocycles. The number of ether oxygens (including phenoxy) is 1. The van der Waals surface area contributed by atoms with Gasteiger partial charge in [0.15, 0.2) is 0 Å². The summed E-state index contributed by atoms with van der Waals surface area (Å²) in [5.41, 5.74) is 3.07. The highest BCUT2D eigenvalue weighted by atomic mass is 16.5. The van der Waals surface area contributed by atoms with E-state index in [1.165, 1.54) is 11.1 Å². The fourth-order valence-corrected chi connectivity index (χ4v) is 5.56. The number of nitrogens with zero attached hydrogens (tertiary/aromatic N) is 3. The summed E-state index contributed by atoms with van der Waals surface area (Å²) < 4.78 is 5.50. The molecule has 0 bridgehead atoms. The maximum Gasteiger partial charge on any atom is 0.230 e. The molecule has 0 unspecified atom stereocenters.